The van der Waals surface area contributed by atoms with Gasteiger partial charge in [-0.1, -0.05) is 0 Å². The summed E-state index contributed by atoms with van der Waals surface area (Å²) in [6.07, 6.45) is 4.37. The number of aromatic nitrogens is 5. The van der Waals surface area contributed by atoms with Gasteiger partial charge in [0.25, 0.3) is 5.91 Å². The van der Waals surface area contributed by atoms with Gasteiger partial charge >= 0.3 is 0 Å². The highest BCUT2D eigenvalue weighted by atomic mass is 16.1. The Bertz CT molecular complexity index is 392. The molecule has 7 heteroatoms. The number of amides is 1. The maximum Gasteiger partial charge on any atom is 0.254 e. The van der Waals surface area contributed by atoms with Crippen molar-refractivity contribution in [1.29, 1.82) is 0 Å². The summed E-state index contributed by atoms with van der Waals surface area (Å²) in [5.41, 5.74) is 0.490. The highest BCUT2D eigenvalue weighted by molar-refractivity contribution is 5.93. The average molecular weight is 192 g/mol. The number of H-pyrrole nitrogens is 2. The highest BCUT2D eigenvalue weighted by Crippen LogP contribution is 1.93. The van der Waals surface area contributed by atoms with Gasteiger partial charge in [0.2, 0.25) is 0 Å². The zero-order valence-electron chi connectivity index (χ0n) is 7.19. The lowest BCUT2D eigenvalue weighted by molar-refractivity contribution is 0.0950. The molecule has 3 N–H and O–H groups in total. The van der Waals surface area contributed by atoms with E-state index in [9.17, 15) is 4.79 Å². The summed E-state index contributed by atoms with van der Waals surface area (Å²) in [4.78, 5) is 15.2. The van der Waals surface area contributed by atoms with E-state index in [0.29, 0.717) is 17.9 Å². The summed E-state index contributed by atoms with van der Waals surface area (Å²) in [6, 6.07) is 0. The van der Waals surface area contributed by atoms with Crippen molar-refractivity contribution in [3.63, 3.8) is 0 Å². The molecule has 7 nitrogen and oxygen atoms in total. The van der Waals surface area contributed by atoms with Gasteiger partial charge in [-0.2, -0.15) is 10.2 Å². The number of nitrogens with one attached hydrogen (secondary N) is 3. The van der Waals surface area contributed by atoms with Crippen molar-refractivity contribution in [3.8, 4) is 0 Å². The van der Waals surface area contributed by atoms with Gasteiger partial charge in [-0.25, -0.2) is 4.98 Å². The number of aromatic amines is 2. The zero-order valence-corrected chi connectivity index (χ0v) is 7.19. The van der Waals surface area contributed by atoms with E-state index in [2.05, 4.69) is 30.7 Å². The van der Waals surface area contributed by atoms with Crippen LogP contribution in [0.25, 0.3) is 0 Å². The average Bonchev–Trinajstić information content (AvgIpc) is 2.87. The zero-order chi connectivity index (χ0) is 9.80. The maximum atomic E-state index is 11.4. The second-order valence-electron chi connectivity index (χ2n) is 2.60. The third kappa shape index (κ3) is 1.76. The summed E-state index contributed by atoms with van der Waals surface area (Å²) >= 11 is 0. The lowest BCUT2D eigenvalue weighted by atomic mass is 10.3. The van der Waals surface area contributed by atoms with Crippen LogP contribution in [0.2, 0.25) is 0 Å². The molecule has 0 radical (unpaired) electrons. The summed E-state index contributed by atoms with van der Waals surface area (Å²) < 4.78 is 0. The molecule has 72 valence electrons. The Morgan fingerprint density at radius 2 is 2.43 bits per heavy atom. The van der Waals surface area contributed by atoms with Crippen LogP contribution in [0.1, 0.15) is 16.2 Å². The lowest BCUT2D eigenvalue weighted by Gasteiger charge is -1.98. The molecule has 0 unspecified atom stereocenters. The Balaban J connectivity index is 1.90. The van der Waals surface area contributed by atoms with Crippen LogP contribution < -0.4 is 5.32 Å². The fourth-order valence-corrected chi connectivity index (χ4v) is 0.957. The number of hydrogen-bond donors (Lipinski definition) is 3. The third-order valence-corrected chi connectivity index (χ3v) is 1.64. The Labute approximate surface area is 78.9 Å². The molecule has 0 atom stereocenters. The van der Waals surface area contributed by atoms with Crippen molar-refractivity contribution >= 4 is 5.91 Å². The fraction of sp³-hybridized carbons (Fsp3) is 0.143. The van der Waals surface area contributed by atoms with E-state index in [0.717, 1.165) is 0 Å². The Morgan fingerprint density at radius 3 is 3.07 bits per heavy atom. The molecule has 2 aromatic rings. The van der Waals surface area contributed by atoms with Crippen molar-refractivity contribution in [2.45, 2.75) is 6.54 Å². The largest absolute Gasteiger partial charge is 0.345 e. The molecule has 0 fully saturated rings. The van der Waals surface area contributed by atoms with Crippen LogP contribution in [0.3, 0.4) is 0 Å². The van der Waals surface area contributed by atoms with Crippen LogP contribution in [0.15, 0.2) is 18.7 Å². The molecule has 0 aliphatic rings. The van der Waals surface area contributed by atoms with E-state index < -0.39 is 0 Å². The summed E-state index contributed by atoms with van der Waals surface area (Å²) in [7, 11) is 0. The monoisotopic (exact) mass is 192 g/mol. The molecular formula is C7H8N6O. The first-order chi connectivity index (χ1) is 6.86. The maximum absolute atomic E-state index is 11.4. The van der Waals surface area contributed by atoms with Gasteiger partial charge in [0, 0.05) is 6.20 Å². The smallest absolute Gasteiger partial charge is 0.254 e. The van der Waals surface area contributed by atoms with Gasteiger partial charge < -0.3 is 5.32 Å². The predicted molar refractivity (Wildman–Crippen MR) is 46.1 cm³/mol. The number of carbonyl (C=O) groups excluding carboxylic acids is 1. The van der Waals surface area contributed by atoms with Crippen LogP contribution in [-0.4, -0.2) is 31.3 Å². The van der Waals surface area contributed by atoms with Crippen molar-refractivity contribution in [2.24, 2.45) is 0 Å². The van der Waals surface area contributed by atoms with E-state index in [1.54, 1.807) is 0 Å². The van der Waals surface area contributed by atoms with Crippen molar-refractivity contribution in [1.82, 2.24) is 30.7 Å². The molecule has 0 aliphatic heterocycles. The van der Waals surface area contributed by atoms with Crippen LogP contribution in [0.4, 0.5) is 0 Å². The van der Waals surface area contributed by atoms with Gasteiger partial charge in [0.1, 0.15) is 12.2 Å². The molecule has 2 heterocycles. The minimum Gasteiger partial charge on any atom is -0.345 e. The summed E-state index contributed by atoms with van der Waals surface area (Å²) in [5.74, 6) is 0.414. The van der Waals surface area contributed by atoms with Gasteiger partial charge in [-0.15, -0.1) is 0 Å². The van der Waals surface area contributed by atoms with Gasteiger partial charge in [-0.3, -0.25) is 15.0 Å². The summed E-state index contributed by atoms with van der Waals surface area (Å²) in [6.45, 7) is 0.323. The predicted octanol–water partition coefficient (Wildman–Crippen LogP) is -0.542. The van der Waals surface area contributed by atoms with E-state index in [1.807, 2.05) is 0 Å². The number of hydrogen-bond acceptors (Lipinski definition) is 4. The van der Waals surface area contributed by atoms with Crippen LogP contribution in [0.5, 0.6) is 0 Å². The highest BCUT2D eigenvalue weighted by Gasteiger charge is 2.06. The lowest BCUT2D eigenvalue weighted by Crippen LogP contribution is -2.22. The van der Waals surface area contributed by atoms with E-state index >= 15 is 0 Å². The molecule has 0 bridgehead atoms. The molecule has 14 heavy (non-hydrogen) atoms. The minimum atomic E-state index is -0.199. The minimum absolute atomic E-state index is 0.199. The standard InChI is InChI=1S/C7H8N6O/c14-7(5-1-10-11-2-5)8-3-6-9-4-12-13-6/h1-2,4H,3H2,(H,8,14)(H,10,11)(H,9,12,13). The van der Waals surface area contributed by atoms with E-state index in [-0.39, 0.29) is 5.91 Å². The molecule has 2 aromatic heterocycles. The Morgan fingerprint density at radius 1 is 1.50 bits per heavy atom. The van der Waals surface area contributed by atoms with Crippen LogP contribution >= 0.6 is 0 Å². The number of nitrogens with zero attached hydrogens (tertiary/aromatic N) is 3. The van der Waals surface area contributed by atoms with Gasteiger partial charge in [0.05, 0.1) is 18.3 Å². The summed E-state index contributed by atoms with van der Waals surface area (Å²) in [5, 5.41) is 15.2. The van der Waals surface area contributed by atoms with Crippen LogP contribution in [0, 0.1) is 0 Å². The number of carbonyl (C=O) groups is 1. The second-order valence-corrected chi connectivity index (χ2v) is 2.60. The first-order valence-electron chi connectivity index (χ1n) is 3.97. The molecule has 2 rings (SSSR count). The normalized spacial score (nSPS) is 10.0. The molecule has 0 aromatic carbocycles. The SMILES string of the molecule is O=C(NCc1ncn[nH]1)c1cn[nH]c1. The van der Waals surface area contributed by atoms with Crippen molar-refractivity contribution < 1.29 is 4.79 Å². The fourth-order valence-electron chi connectivity index (χ4n) is 0.957. The van der Waals surface area contributed by atoms with E-state index in [4.69, 9.17) is 0 Å². The molecule has 0 aliphatic carbocycles. The van der Waals surface area contributed by atoms with Gasteiger partial charge in [-0.05, 0) is 0 Å². The van der Waals surface area contributed by atoms with Crippen molar-refractivity contribution in [2.75, 3.05) is 0 Å². The molecule has 0 saturated heterocycles. The van der Waals surface area contributed by atoms with E-state index in [1.165, 1.54) is 18.7 Å². The second kappa shape index (κ2) is 3.69. The molecule has 0 spiro atoms. The molecule has 1 amide bonds. The van der Waals surface area contributed by atoms with Crippen molar-refractivity contribution in [3.05, 3.63) is 30.1 Å². The topological polar surface area (TPSA) is 99.3 Å². The molecular weight excluding hydrogens is 184 g/mol. The molecule has 0 saturated carbocycles. The Kier molecular flexibility index (Phi) is 2.22. The number of rotatable bonds is 3. The third-order valence-electron chi connectivity index (χ3n) is 1.64. The first-order valence-corrected chi connectivity index (χ1v) is 3.97. The quantitative estimate of drug-likeness (QED) is 0.608. The van der Waals surface area contributed by atoms with Gasteiger partial charge in [0.15, 0.2) is 0 Å². The van der Waals surface area contributed by atoms with Crippen LogP contribution in [-0.2, 0) is 6.54 Å². The first kappa shape index (κ1) is 8.42. The Hall–Kier alpha value is -2.18.